The zero-order valence-corrected chi connectivity index (χ0v) is 18.6. The Bertz CT molecular complexity index is 935. The maximum Gasteiger partial charge on any atom is 0.231 e. The first-order valence-corrected chi connectivity index (χ1v) is 11.0. The highest BCUT2D eigenvalue weighted by Crippen LogP contribution is 2.32. The lowest BCUT2D eigenvalue weighted by Crippen LogP contribution is -2.17. The Kier molecular flexibility index (Phi) is 7.91. The van der Waals surface area contributed by atoms with Crippen molar-refractivity contribution >= 4 is 0 Å². The van der Waals surface area contributed by atoms with Gasteiger partial charge in [0.05, 0.1) is 11.4 Å². The maximum atomic E-state index is 5.48. The molecule has 30 heavy (non-hydrogen) atoms. The van der Waals surface area contributed by atoms with Gasteiger partial charge in [0, 0.05) is 25.2 Å². The molecule has 0 atom stereocenters. The van der Waals surface area contributed by atoms with Gasteiger partial charge < -0.3 is 19.4 Å². The van der Waals surface area contributed by atoms with Crippen LogP contribution >= 0.6 is 0 Å². The predicted octanol–water partition coefficient (Wildman–Crippen LogP) is 5.70. The van der Waals surface area contributed by atoms with E-state index in [2.05, 4.69) is 54.1 Å². The molecule has 0 fully saturated rings. The van der Waals surface area contributed by atoms with Crippen molar-refractivity contribution in [3.8, 4) is 22.8 Å². The van der Waals surface area contributed by atoms with E-state index < -0.39 is 0 Å². The number of hydrogen-bond donors (Lipinski definition) is 1. The van der Waals surface area contributed by atoms with Crippen molar-refractivity contribution in [1.29, 1.82) is 0 Å². The molecule has 0 aliphatic carbocycles. The molecule has 0 bridgehead atoms. The molecule has 0 amide bonds. The first-order valence-electron chi connectivity index (χ1n) is 11.0. The molecule has 160 valence electrons. The molecule has 0 saturated carbocycles. The van der Waals surface area contributed by atoms with Gasteiger partial charge >= 0.3 is 0 Å². The molecule has 0 unspecified atom stereocenters. The molecular weight excluding hydrogens is 374 g/mol. The highest BCUT2D eigenvalue weighted by Gasteiger charge is 2.16. The summed E-state index contributed by atoms with van der Waals surface area (Å²) in [5.74, 6) is 2.73. The van der Waals surface area contributed by atoms with E-state index in [0.717, 1.165) is 49.1 Å². The summed E-state index contributed by atoms with van der Waals surface area (Å²) in [4.78, 5) is 4.89. The topological polar surface area (TPSA) is 48.3 Å². The zero-order valence-electron chi connectivity index (χ0n) is 18.6. The number of fused-ring (bicyclic) bond motifs is 1. The summed E-state index contributed by atoms with van der Waals surface area (Å²) in [5, 5.41) is 3.59. The third-order valence-corrected chi connectivity index (χ3v) is 5.10. The second kappa shape index (κ2) is 10.8. The van der Waals surface area contributed by atoms with Crippen LogP contribution in [0.4, 0.5) is 0 Å². The van der Waals surface area contributed by atoms with Crippen LogP contribution in [0.2, 0.25) is 0 Å². The Balaban J connectivity index is 0.00000124. The van der Waals surface area contributed by atoms with Gasteiger partial charge in [-0.3, -0.25) is 0 Å². The Morgan fingerprint density at radius 2 is 1.77 bits per heavy atom. The summed E-state index contributed by atoms with van der Waals surface area (Å²) in [6, 6.07) is 16.6. The first kappa shape index (κ1) is 21.9. The fraction of sp³-hybridized carbons (Fsp3) is 0.400. The van der Waals surface area contributed by atoms with E-state index in [0.29, 0.717) is 6.79 Å². The summed E-state index contributed by atoms with van der Waals surface area (Å²) >= 11 is 0. The average molecular weight is 408 g/mol. The molecule has 3 aromatic rings. The number of nitrogens with zero attached hydrogens (tertiary/aromatic N) is 2. The van der Waals surface area contributed by atoms with Gasteiger partial charge in [0.1, 0.15) is 5.82 Å². The molecule has 0 saturated heterocycles. The Morgan fingerprint density at radius 3 is 2.53 bits per heavy atom. The van der Waals surface area contributed by atoms with Gasteiger partial charge in [-0.2, -0.15) is 0 Å². The molecule has 5 heteroatoms. The molecule has 4 rings (SSSR count). The fourth-order valence-corrected chi connectivity index (χ4v) is 3.61. The largest absolute Gasteiger partial charge is 0.454 e. The number of nitrogens with one attached hydrogen (secondary N) is 1. The molecule has 1 N–H and O–H groups in total. The number of aryl methyl sites for hydroxylation is 1. The van der Waals surface area contributed by atoms with Gasteiger partial charge in [-0.15, -0.1) is 0 Å². The number of rotatable bonds is 8. The Morgan fingerprint density at radius 1 is 1.00 bits per heavy atom. The molecule has 5 nitrogen and oxygen atoms in total. The normalized spacial score (nSPS) is 11.9. The number of unbranched alkanes of at least 4 members (excludes halogenated alkanes) is 1. The molecular formula is C25H33N3O2. The second-order valence-electron chi connectivity index (χ2n) is 7.12. The SMILES string of the molecule is CC.CCCCn1c(C)nc(-c2ccccc2)c1CNCc1ccc2c(c1)OCO2. The van der Waals surface area contributed by atoms with Crippen molar-refractivity contribution in [3.05, 3.63) is 65.6 Å². The standard InChI is InChI=1S/C23H27N3O2.C2H6/c1-3-4-12-26-17(2)25-23(19-8-6-5-7-9-19)20(26)15-24-14-18-10-11-21-22(13-18)28-16-27-21;1-2/h5-11,13,24H,3-4,12,14-16H2,1-2H3;1-2H3. The molecule has 1 aromatic heterocycles. The van der Waals surface area contributed by atoms with Gasteiger partial charge in [0.25, 0.3) is 0 Å². The van der Waals surface area contributed by atoms with Crippen LogP contribution in [0.1, 0.15) is 50.7 Å². The number of benzene rings is 2. The van der Waals surface area contributed by atoms with Gasteiger partial charge in [0.2, 0.25) is 6.79 Å². The smallest absolute Gasteiger partial charge is 0.231 e. The summed E-state index contributed by atoms with van der Waals surface area (Å²) in [5.41, 5.74) is 4.67. The minimum Gasteiger partial charge on any atom is -0.454 e. The van der Waals surface area contributed by atoms with Crippen LogP contribution in [-0.4, -0.2) is 16.3 Å². The van der Waals surface area contributed by atoms with Crippen LogP contribution in [-0.2, 0) is 19.6 Å². The van der Waals surface area contributed by atoms with Crippen LogP contribution in [0.3, 0.4) is 0 Å². The van der Waals surface area contributed by atoms with E-state index >= 15 is 0 Å². The number of imidazole rings is 1. The molecule has 2 heterocycles. The van der Waals surface area contributed by atoms with E-state index in [-0.39, 0.29) is 0 Å². The summed E-state index contributed by atoms with van der Waals surface area (Å²) < 4.78 is 13.2. The molecule has 0 radical (unpaired) electrons. The van der Waals surface area contributed by atoms with Gasteiger partial charge in [-0.25, -0.2) is 4.98 Å². The van der Waals surface area contributed by atoms with Crippen molar-refractivity contribution in [3.63, 3.8) is 0 Å². The van der Waals surface area contributed by atoms with Crippen LogP contribution in [0.25, 0.3) is 11.3 Å². The van der Waals surface area contributed by atoms with Crippen molar-refractivity contribution in [2.75, 3.05) is 6.79 Å². The minimum absolute atomic E-state index is 0.308. The zero-order chi connectivity index (χ0) is 21.3. The third kappa shape index (κ3) is 5.03. The fourth-order valence-electron chi connectivity index (χ4n) is 3.61. The van der Waals surface area contributed by atoms with E-state index in [1.165, 1.54) is 23.2 Å². The van der Waals surface area contributed by atoms with E-state index in [1.54, 1.807) is 0 Å². The van der Waals surface area contributed by atoms with Crippen LogP contribution in [0.15, 0.2) is 48.5 Å². The third-order valence-electron chi connectivity index (χ3n) is 5.10. The predicted molar refractivity (Wildman–Crippen MR) is 122 cm³/mol. The lowest BCUT2D eigenvalue weighted by atomic mass is 10.1. The van der Waals surface area contributed by atoms with Crippen molar-refractivity contribution < 1.29 is 9.47 Å². The van der Waals surface area contributed by atoms with E-state index in [9.17, 15) is 0 Å². The number of hydrogen-bond acceptors (Lipinski definition) is 4. The number of ether oxygens (including phenoxy) is 2. The van der Waals surface area contributed by atoms with Crippen LogP contribution in [0.5, 0.6) is 11.5 Å². The van der Waals surface area contributed by atoms with E-state index in [4.69, 9.17) is 14.5 Å². The second-order valence-corrected chi connectivity index (χ2v) is 7.12. The minimum atomic E-state index is 0.308. The lowest BCUT2D eigenvalue weighted by molar-refractivity contribution is 0.174. The Labute approximate surface area is 180 Å². The van der Waals surface area contributed by atoms with Crippen molar-refractivity contribution in [2.24, 2.45) is 0 Å². The highest BCUT2D eigenvalue weighted by molar-refractivity contribution is 5.62. The van der Waals surface area contributed by atoms with E-state index in [1.807, 2.05) is 32.0 Å². The number of aromatic nitrogens is 2. The highest BCUT2D eigenvalue weighted by atomic mass is 16.7. The monoisotopic (exact) mass is 407 g/mol. The first-order chi connectivity index (χ1) is 14.8. The summed E-state index contributed by atoms with van der Waals surface area (Å²) in [6.45, 7) is 11.2. The lowest BCUT2D eigenvalue weighted by Gasteiger charge is -2.13. The summed E-state index contributed by atoms with van der Waals surface area (Å²) in [6.07, 6.45) is 2.32. The molecule has 1 aliphatic rings. The van der Waals surface area contributed by atoms with Crippen LogP contribution in [0, 0.1) is 6.92 Å². The molecule has 1 aliphatic heterocycles. The summed E-state index contributed by atoms with van der Waals surface area (Å²) in [7, 11) is 0. The van der Waals surface area contributed by atoms with Gasteiger partial charge in [-0.1, -0.05) is 63.6 Å². The maximum absolute atomic E-state index is 5.48. The van der Waals surface area contributed by atoms with Crippen molar-refractivity contribution in [2.45, 2.75) is 60.2 Å². The van der Waals surface area contributed by atoms with Gasteiger partial charge in [0.15, 0.2) is 11.5 Å². The quantitative estimate of drug-likeness (QED) is 0.520. The molecule has 0 spiro atoms. The Hall–Kier alpha value is -2.79. The van der Waals surface area contributed by atoms with Gasteiger partial charge in [-0.05, 0) is 31.0 Å². The molecule has 2 aromatic carbocycles. The average Bonchev–Trinajstić information content (AvgIpc) is 3.38. The van der Waals surface area contributed by atoms with Crippen molar-refractivity contribution in [1.82, 2.24) is 14.9 Å². The van der Waals surface area contributed by atoms with Crippen LogP contribution < -0.4 is 14.8 Å².